The van der Waals surface area contributed by atoms with Crippen molar-refractivity contribution in [2.75, 3.05) is 27.4 Å². The third-order valence-electron chi connectivity index (χ3n) is 1.15. The van der Waals surface area contributed by atoms with E-state index in [1.54, 1.807) is 0 Å². The molecule has 0 rings (SSSR count). The fourth-order valence-electron chi connectivity index (χ4n) is 0.595. The standard InChI is InChI=1S/C5H17N5/c1-7-5(8-2)10-4-9-3-6/h5,7-10H,3-4,6H2,1-2H3. The summed E-state index contributed by atoms with van der Waals surface area (Å²) in [5.41, 5.74) is 5.21. The summed E-state index contributed by atoms with van der Waals surface area (Å²) in [6, 6.07) is 0. The Labute approximate surface area is 61.7 Å². The van der Waals surface area contributed by atoms with E-state index in [-0.39, 0.29) is 6.29 Å². The molecule has 0 atom stereocenters. The minimum atomic E-state index is 0.138. The Morgan fingerprint density at radius 1 is 1.30 bits per heavy atom. The lowest BCUT2D eigenvalue weighted by molar-refractivity contribution is 0.389. The van der Waals surface area contributed by atoms with Gasteiger partial charge < -0.3 is 5.73 Å². The van der Waals surface area contributed by atoms with Crippen molar-refractivity contribution in [3.8, 4) is 0 Å². The fraction of sp³-hybridized carbons (Fsp3) is 1.00. The second-order valence-electron chi connectivity index (χ2n) is 1.85. The van der Waals surface area contributed by atoms with Crippen molar-refractivity contribution in [2.45, 2.75) is 6.29 Å². The largest absolute Gasteiger partial charge is 0.318 e. The first-order valence-electron chi connectivity index (χ1n) is 3.33. The van der Waals surface area contributed by atoms with Crippen molar-refractivity contribution in [3.63, 3.8) is 0 Å². The van der Waals surface area contributed by atoms with Gasteiger partial charge in [0.25, 0.3) is 0 Å². The van der Waals surface area contributed by atoms with E-state index in [2.05, 4.69) is 21.3 Å². The Balaban J connectivity index is 3.09. The van der Waals surface area contributed by atoms with Crippen LogP contribution < -0.4 is 27.0 Å². The number of hydrogen-bond donors (Lipinski definition) is 5. The summed E-state index contributed by atoms with van der Waals surface area (Å²) in [6.45, 7) is 1.19. The molecule has 0 bridgehead atoms. The molecule has 10 heavy (non-hydrogen) atoms. The van der Waals surface area contributed by atoms with E-state index in [4.69, 9.17) is 5.73 Å². The van der Waals surface area contributed by atoms with Crippen molar-refractivity contribution < 1.29 is 0 Å². The number of nitrogens with one attached hydrogen (secondary N) is 4. The van der Waals surface area contributed by atoms with Gasteiger partial charge in [-0.2, -0.15) is 0 Å². The molecule has 0 fully saturated rings. The molecule has 5 heteroatoms. The highest BCUT2D eigenvalue weighted by molar-refractivity contribution is 4.53. The summed E-state index contributed by atoms with van der Waals surface area (Å²) < 4.78 is 0. The highest BCUT2D eigenvalue weighted by Gasteiger charge is 1.96. The first-order chi connectivity index (χ1) is 4.85. The zero-order valence-electron chi connectivity index (χ0n) is 6.57. The molecule has 0 saturated heterocycles. The SMILES string of the molecule is CNC(NC)NCNCN. The summed E-state index contributed by atoms with van der Waals surface area (Å²) >= 11 is 0. The molecule has 0 amide bonds. The summed E-state index contributed by atoms with van der Waals surface area (Å²) in [6.07, 6.45) is 0.138. The van der Waals surface area contributed by atoms with Gasteiger partial charge in [0, 0.05) is 13.3 Å². The Morgan fingerprint density at radius 2 is 1.90 bits per heavy atom. The molecule has 62 valence electrons. The molecule has 0 heterocycles. The maximum absolute atomic E-state index is 5.21. The van der Waals surface area contributed by atoms with E-state index in [0.717, 1.165) is 0 Å². The van der Waals surface area contributed by atoms with Gasteiger partial charge in [-0.1, -0.05) is 0 Å². The van der Waals surface area contributed by atoms with Crippen molar-refractivity contribution in [1.82, 2.24) is 21.3 Å². The molecule has 6 N–H and O–H groups in total. The Bertz CT molecular complexity index is 63.1. The van der Waals surface area contributed by atoms with Crippen LogP contribution in [0.25, 0.3) is 0 Å². The lowest BCUT2D eigenvalue weighted by Gasteiger charge is -2.16. The molecule has 0 aliphatic rings. The van der Waals surface area contributed by atoms with E-state index in [0.29, 0.717) is 13.3 Å². The number of rotatable bonds is 6. The van der Waals surface area contributed by atoms with Crippen molar-refractivity contribution >= 4 is 0 Å². The molecule has 0 aliphatic carbocycles. The van der Waals surface area contributed by atoms with Crippen LogP contribution in [0.2, 0.25) is 0 Å². The minimum absolute atomic E-state index is 0.138. The third-order valence-corrected chi connectivity index (χ3v) is 1.15. The smallest absolute Gasteiger partial charge is 0.112 e. The number of hydrogen-bond acceptors (Lipinski definition) is 5. The molecule has 0 saturated carbocycles. The van der Waals surface area contributed by atoms with Gasteiger partial charge in [0.15, 0.2) is 0 Å². The minimum Gasteiger partial charge on any atom is -0.318 e. The average Bonchev–Trinajstić information content (AvgIpc) is 1.99. The van der Waals surface area contributed by atoms with Gasteiger partial charge in [0.05, 0.1) is 0 Å². The van der Waals surface area contributed by atoms with Crippen LogP contribution in [-0.4, -0.2) is 33.7 Å². The Morgan fingerprint density at radius 3 is 2.30 bits per heavy atom. The second kappa shape index (κ2) is 6.91. The Kier molecular flexibility index (Phi) is 6.78. The monoisotopic (exact) mass is 147 g/mol. The molecular formula is C5H17N5. The van der Waals surface area contributed by atoms with Crippen molar-refractivity contribution in [2.24, 2.45) is 5.73 Å². The normalized spacial score (nSPS) is 10.8. The van der Waals surface area contributed by atoms with E-state index in [9.17, 15) is 0 Å². The molecule has 5 nitrogen and oxygen atoms in total. The summed E-state index contributed by atoms with van der Waals surface area (Å²) in [5, 5.41) is 12.1. The van der Waals surface area contributed by atoms with Crippen LogP contribution >= 0.6 is 0 Å². The highest BCUT2D eigenvalue weighted by atomic mass is 15.3. The molecule has 0 aromatic rings. The van der Waals surface area contributed by atoms with Gasteiger partial charge in [0.1, 0.15) is 6.29 Å². The Hall–Kier alpha value is -0.200. The molecule has 0 aromatic carbocycles. The first-order valence-corrected chi connectivity index (χ1v) is 3.33. The van der Waals surface area contributed by atoms with E-state index in [1.807, 2.05) is 14.1 Å². The summed E-state index contributed by atoms with van der Waals surface area (Å²) in [7, 11) is 3.74. The molecule has 0 spiro atoms. The topological polar surface area (TPSA) is 74.1 Å². The maximum Gasteiger partial charge on any atom is 0.112 e. The number of nitrogens with two attached hydrogens (primary N) is 1. The van der Waals surface area contributed by atoms with Crippen LogP contribution in [0.1, 0.15) is 0 Å². The fourth-order valence-corrected chi connectivity index (χ4v) is 0.595. The van der Waals surface area contributed by atoms with Crippen molar-refractivity contribution in [3.05, 3.63) is 0 Å². The van der Waals surface area contributed by atoms with Gasteiger partial charge in [-0.05, 0) is 14.1 Å². The van der Waals surface area contributed by atoms with E-state index >= 15 is 0 Å². The van der Waals surface area contributed by atoms with E-state index < -0.39 is 0 Å². The quantitative estimate of drug-likeness (QED) is 0.217. The summed E-state index contributed by atoms with van der Waals surface area (Å²) in [4.78, 5) is 0. The molecule has 0 aliphatic heterocycles. The maximum atomic E-state index is 5.21. The average molecular weight is 147 g/mol. The predicted molar refractivity (Wildman–Crippen MR) is 42.1 cm³/mol. The van der Waals surface area contributed by atoms with Gasteiger partial charge >= 0.3 is 0 Å². The van der Waals surface area contributed by atoms with E-state index in [1.165, 1.54) is 0 Å². The van der Waals surface area contributed by atoms with Crippen LogP contribution in [0.3, 0.4) is 0 Å². The highest BCUT2D eigenvalue weighted by Crippen LogP contribution is 1.61. The van der Waals surface area contributed by atoms with Gasteiger partial charge in [0.2, 0.25) is 0 Å². The lowest BCUT2D eigenvalue weighted by atomic mass is 10.7. The van der Waals surface area contributed by atoms with Crippen LogP contribution in [0.5, 0.6) is 0 Å². The first kappa shape index (κ1) is 9.80. The van der Waals surface area contributed by atoms with Crippen LogP contribution in [0.15, 0.2) is 0 Å². The molecule has 0 aromatic heterocycles. The third kappa shape index (κ3) is 4.66. The van der Waals surface area contributed by atoms with Crippen LogP contribution in [-0.2, 0) is 0 Å². The molecular weight excluding hydrogens is 130 g/mol. The van der Waals surface area contributed by atoms with Gasteiger partial charge in [-0.15, -0.1) is 0 Å². The van der Waals surface area contributed by atoms with Gasteiger partial charge in [-0.3, -0.25) is 21.3 Å². The van der Waals surface area contributed by atoms with Crippen LogP contribution in [0, 0.1) is 0 Å². The lowest BCUT2D eigenvalue weighted by Crippen LogP contribution is -2.52. The predicted octanol–water partition coefficient (Wildman–Crippen LogP) is -2.24. The second-order valence-corrected chi connectivity index (χ2v) is 1.85. The zero-order valence-corrected chi connectivity index (χ0v) is 6.57. The zero-order chi connectivity index (χ0) is 7.82. The molecule has 0 radical (unpaired) electrons. The van der Waals surface area contributed by atoms with Crippen LogP contribution in [0.4, 0.5) is 0 Å². The van der Waals surface area contributed by atoms with Crippen molar-refractivity contribution in [1.29, 1.82) is 0 Å². The van der Waals surface area contributed by atoms with Gasteiger partial charge in [-0.25, -0.2) is 0 Å². The summed E-state index contributed by atoms with van der Waals surface area (Å²) in [5.74, 6) is 0. The molecule has 0 unspecified atom stereocenters.